The Hall–Kier alpha value is -3.54. The first-order chi connectivity index (χ1) is 14.8. The van der Waals surface area contributed by atoms with E-state index in [4.69, 9.17) is 4.74 Å². The Balaban J connectivity index is 1.86. The van der Waals surface area contributed by atoms with Crippen molar-refractivity contribution in [3.8, 4) is 16.9 Å². The van der Waals surface area contributed by atoms with Gasteiger partial charge in [-0.15, -0.1) is 0 Å². The zero-order valence-electron chi connectivity index (χ0n) is 18.1. The van der Waals surface area contributed by atoms with Crippen LogP contribution >= 0.6 is 0 Å². The number of nitrogens with one attached hydrogen (secondary N) is 3. The maximum Gasteiger partial charge on any atom is 0.249 e. The fourth-order valence-electron chi connectivity index (χ4n) is 3.84. The van der Waals surface area contributed by atoms with Gasteiger partial charge in [0.15, 0.2) is 0 Å². The number of hydrogen-bond acceptors (Lipinski definition) is 4. The van der Waals surface area contributed by atoms with Crippen molar-refractivity contribution >= 4 is 23.0 Å². The van der Waals surface area contributed by atoms with Crippen molar-refractivity contribution in [2.24, 2.45) is 0 Å². The van der Waals surface area contributed by atoms with Gasteiger partial charge < -0.3 is 20.7 Å². The molecule has 1 aliphatic rings. The Morgan fingerprint density at radius 2 is 1.84 bits per heavy atom. The molecule has 0 saturated heterocycles. The van der Waals surface area contributed by atoms with Gasteiger partial charge in [0.1, 0.15) is 17.1 Å². The summed E-state index contributed by atoms with van der Waals surface area (Å²) in [6, 6.07) is 16.3. The standard InChI is InChI=1S/C25H26FN3O2/c1-15-7-5-6-8-20(15)27-14-19-17(18-13-16(26)9-12-22(18)31-4)10-11-21-23(19)28-24(30)25(2,3)29-21/h5-13,27,29H,14H2,1-4H3,(H,28,30). The van der Waals surface area contributed by atoms with E-state index in [1.807, 2.05) is 57.2 Å². The van der Waals surface area contributed by atoms with Crippen LogP contribution < -0.4 is 20.7 Å². The third-order valence-electron chi connectivity index (χ3n) is 5.62. The number of para-hydroxylation sites is 1. The molecule has 0 fully saturated rings. The van der Waals surface area contributed by atoms with E-state index in [1.54, 1.807) is 13.2 Å². The van der Waals surface area contributed by atoms with Crippen LogP contribution in [0, 0.1) is 12.7 Å². The third-order valence-corrected chi connectivity index (χ3v) is 5.62. The molecule has 0 unspecified atom stereocenters. The highest BCUT2D eigenvalue weighted by molar-refractivity contribution is 6.07. The Labute approximate surface area is 181 Å². The van der Waals surface area contributed by atoms with Gasteiger partial charge >= 0.3 is 0 Å². The minimum atomic E-state index is -0.730. The second kappa shape index (κ2) is 7.95. The van der Waals surface area contributed by atoms with Crippen molar-refractivity contribution in [2.75, 3.05) is 23.1 Å². The lowest BCUT2D eigenvalue weighted by Crippen LogP contribution is -2.47. The summed E-state index contributed by atoms with van der Waals surface area (Å²) in [4.78, 5) is 12.7. The average molecular weight is 420 g/mol. The normalized spacial score (nSPS) is 14.3. The molecule has 6 heteroatoms. The molecule has 1 amide bonds. The van der Waals surface area contributed by atoms with Crippen LogP contribution in [0.1, 0.15) is 25.0 Å². The predicted molar refractivity (Wildman–Crippen MR) is 123 cm³/mol. The molecule has 160 valence electrons. The Morgan fingerprint density at radius 3 is 2.58 bits per heavy atom. The van der Waals surface area contributed by atoms with Crippen LogP contribution in [0.2, 0.25) is 0 Å². The Kier molecular flexibility index (Phi) is 5.31. The minimum Gasteiger partial charge on any atom is -0.496 e. The molecule has 1 aliphatic heterocycles. The SMILES string of the molecule is COc1ccc(F)cc1-c1ccc2c(c1CNc1ccccc1C)NC(=O)C(C)(C)N2. The van der Waals surface area contributed by atoms with E-state index in [0.29, 0.717) is 23.5 Å². The van der Waals surface area contributed by atoms with E-state index >= 15 is 0 Å². The molecular weight excluding hydrogens is 393 g/mol. The van der Waals surface area contributed by atoms with Crippen LogP contribution in [-0.2, 0) is 11.3 Å². The summed E-state index contributed by atoms with van der Waals surface area (Å²) in [5.41, 5.74) is 5.16. The first kappa shape index (κ1) is 20.7. The second-order valence-electron chi connectivity index (χ2n) is 8.23. The summed E-state index contributed by atoms with van der Waals surface area (Å²) in [6.07, 6.45) is 0. The monoisotopic (exact) mass is 419 g/mol. The maximum absolute atomic E-state index is 14.2. The smallest absolute Gasteiger partial charge is 0.249 e. The highest BCUT2D eigenvalue weighted by Gasteiger charge is 2.34. The van der Waals surface area contributed by atoms with Gasteiger partial charge in [0, 0.05) is 23.4 Å². The zero-order chi connectivity index (χ0) is 22.2. The fraction of sp³-hybridized carbons (Fsp3) is 0.240. The number of ether oxygens (including phenoxy) is 1. The summed E-state index contributed by atoms with van der Waals surface area (Å²) in [7, 11) is 1.56. The molecule has 3 aromatic rings. The lowest BCUT2D eigenvalue weighted by Gasteiger charge is -2.34. The third kappa shape index (κ3) is 3.93. The number of hydrogen-bond donors (Lipinski definition) is 3. The van der Waals surface area contributed by atoms with Gasteiger partial charge in [-0.05, 0) is 62.2 Å². The van der Waals surface area contributed by atoms with E-state index in [-0.39, 0.29) is 11.7 Å². The molecule has 0 atom stereocenters. The molecular formula is C25H26FN3O2. The van der Waals surface area contributed by atoms with E-state index in [9.17, 15) is 9.18 Å². The minimum absolute atomic E-state index is 0.125. The molecule has 0 spiro atoms. The van der Waals surface area contributed by atoms with Gasteiger partial charge in [-0.1, -0.05) is 24.3 Å². The van der Waals surface area contributed by atoms with Gasteiger partial charge in [0.25, 0.3) is 0 Å². The number of halogens is 1. The van der Waals surface area contributed by atoms with Crippen molar-refractivity contribution < 1.29 is 13.9 Å². The van der Waals surface area contributed by atoms with Crippen LogP contribution in [-0.4, -0.2) is 18.6 Å². The number of rotatable bonds is 5. The summed E-state index contributed by atoms with van der Waals surface area (Å²) >= 11 is 0. The van der Waals surface area contributed by atoms with Crippen molar-refractivity contribution in [3.05, 3.63) is 71.5 Å². The lowest BCUT2D eigenvalue weighted by atomic mass is 9.92. The van der Waals surface area contributed by atoms with Crippen LogP contribution in [0.15, 0.2) is 54.6 Å². The van der Waals surface area contributed by atoms with Crippen LogP contribution in [0.25, 0.3) is 11.1 Å². The van der Waals surface area contributed by atoms with E-state index < -0.39 is 5.54 Å². The summed E-state index contributed by atoms with van der Waals surface area (Å²) < 4.78 is 19.7. The van der Waals surface area contributed by atoms with Crippen molar-refractivity contribution in [1.29, 1.82) is 0 Å². The number of methoxy groups -OCH3 is 1. The number of anilines is 3. The van der Waals surface area contributed by atoms with E-state index in [2.05, 4.69) is 16.0 Å². The summed E-state index contributed by atoms with van der Waals surface area (Å²) in [6.45, 7) is 6.14. The van der Waals surface area contributed by atoms with Gasteiger partial charge in [-0.3, -0.25) is 4.79 Å². The van der Waals surface area contributed by atoms with Crippen molar-refractivity contribution in [2.45, 2.75) is 32.9 Å². The Bertz CT molecular complexity index is 1160. The average Bonchev–Trinajstić information content (AvgIpc) is 2.74. The van der Waals surface area contributed by atoms with E-state index in [0.717, 1.165) is 28.1 Å². The number of fused-ring (bicyclic) bond motifs is 1. The van der Waals surface area contributed by atoms with Gasteiger partial charge in [0.2, 0.25) is 5.91 Å². The zero-order valence-corrected chi connectivity index (χ0v) is 18.1. The highest BCUT2D eigenvalue weighted by Crippen LogP contribution is 2.42. The summed E-state index contributed by atoms with van der Waals surface area (Å²) in [5, 5.41) is 9.83. The number of amides is 1. The largest absolute Gasteiger partial charge is 0.496 e. The van der Waals surface area contributed by atoms with Crippen LogP contribution in [0.4, 0.5) is 21.5 Å². The summed E-state index contributed by atoms with van der Waals surface area (Å²) in [5.74, 6) is 0.0871. The topological polar surface area (TPSA) is 62.4 Å². The molecule has 0 radical (unpaired) electrons. The number of benzene rings is 3. The van der Waals surface area contributed by atoms with Gasteiger partial charge in [-0.25, -0.2) is 4.39 Å². The Morgan fingerprint density at radius 1 is 1.06 bits per heavy atom. The number of carbonyl (C=O) groups is 1. The molecule has 4 rings (SSSR count). The molecule has 0 aliphatic carbocycles. The quantitative estimate of drug-likeness (QED) is 0.506. The first-order valence-electron chi connectivity index (χ1n) is 10.2. The number of carbonyl (C=O) groups excluding carboxylic acids is 1. The molecule has 0 aromatic heterocycles. The lowest BCUT2D eigenvalue weighted by molar-refractivity contribution is -0.119. The van der Waals surface area contributed by atoms with Crippen molar-refractivity contribution in [1.82, 2.24) is 0 Å². The van der Waals surface area contributed by atoms with Crippen molar-refractivity contribution in [3.63, 3.8) is 0 Å². The molecule has 0 bridgehead atoms. The molecule has 31 heavy (non-hydrogen) atoms. The highest BCUT2D eigenvalue weighted by atomic mass is 19.1. The van der Waals surface area contributed by atoms with Gasteiger partial charge in [-0.2, -0.15) is 0 Å². The molecule has 1 heterocycles. The molecule has 0 saturated carbocycles. The molecule has 5 nitrogen and oxygen atoms in total. The predicted octanol–water partition coefficient (Wildman–Crippen LogP) is 5.56. The van der Waals surface area contributed by atoms with E-state index in [1.165, 1.54) is 12.1 Å². The maximum atomic E-state index is 14.2. The fourth-order valence-corrected chi connectivity index (χ4v) is 3.84. The van der Waals surface area contributed by atoms with Crippen LogP contribution in [0.5, 0.6) is 5.75 Å². The number of aryl methyl sites for hydroxylation is 1. The second-order valence-corrected chi connectivity index (χ2v) is 8.23. The van der Waals surface area contributed by atoms with Crippen LogP contribution in [0.3, 0.4) is 0 Å². The first-order valence-corrected chi connectivity index (χ1v) is 10.2. The molecule has 3 N–H and O–H groups in total. The molecule has 3 aromatic carbocycles. The van der Waals surface area contributed by atoms with Gasteiger partial charge in [0.05, 0.1) is 18.5 Å².